The SMILES string of the molecule is Cc1cc(C(F)(Cl)CCc2ccccc2CF)ccc1N1CCNCC1. The average molecular weight is 379 g/mol. The first kappa shape index (κ1) is 19.1. The van der Waals surface area contributed by atoms with E-state index >= 15 is 4.39 Å². The molecule has 1 heterocycles. The second-order valence-corrected chi connectivity index (χ2v) is 7.44. The second-order valence-electron chi connectivity index (χ2n) is 6.85. The summed E-state index contributed by atoms with van der Waals surface area (Å²) >= 11 is 6.23. The van der Waals surface area contributed by atoms with Crippen LogP contribution in [0, 0.1) is 6.92 Å². The fourth-order valence-electron chi connectivity index (χ4n) is 3.51. The lowest BCUT2D eigenvalue weighted by Gasteiger charge is -2.31. The lowest BCUT2D eigenvalue weighted by Crippen LogP contribution is -2.43. The average Bonchev–Trinajstić information content (AvgIpc) is 2.67. The smallest absolute Gasteiger partial charge is 0.209 e. The third kappa shape index (κ3) is 4.36. The number of aryl methyl sites for hydroxylation is 2. The van der Waals surface area contributed by atoms with Gasteiger partial charge in [-0.05, 0) is 42.2 Å². The van der Waals surface area contributed by atoms with Crippen LogP contribution in [-0.2, 0) is 18.2 Å². The Hall–Kier alpha value is -1.65. The van der Waals surface area contributed by atoms with Crippen LogP contribution in [0.5, 0.6) is 0 Å². The third-order valence-electron chi connectivity index (χ3n) is 5.05. The zero-order valence-corrected chi connectivity index (χ0v) is 15.8. The van der Waals surface area contributed by atoms with Crippen molar-refractivity contribution < 1.29 is 8.78 Å². The maximum atomic E-state index is 15.1. The number of anilines is 1. The third-order valence-corrected chi connectivity index (χ3v) is 5.45. The highest BCUT2D eigenvalue weighted by atomic mass is 35.5. The monoisotopic (exact) mass is 378 g/mol. The van der Waals surface area contributed by atoms with Crippen LogP contribution in [0.3, 0.4) is 0 Å². The molecule has 2 aromatic carbocycles. The normalized spacial score (nSPS) is 17.2. The molecular formula is C21H25ClF2N2. The lowest BCUT2D eigenvalue weighted by atomic mass is 9.97. The molecule has 1 aliphatic heterocycles. The molecular weight excluding hydrogens is 354 g/mol. The number of halogens is 3. The summed E-state index contributed by atoms with van der Waals surface area (Å²) in [7, 11) is 0. The van der Waals surface area contributed by atoms with Crippen LogP contribution in [0.4, 0.5) is 14.5 Å². The van der Waals surface area contributed by atoms with Gasteiger partial charge in [-0.15, -0.1) is 0 Å². The zero-order chi connectivity index (χ0) is 18.6. The minimum atomic E-state index is -1.96. The summed E-state index contributed by atoms with van der Waals surface area (Å²) in [6.07, 6.45) is 0.511. The van der Waals surface area contributed by atoms with E-state index in [1.165, 1.54) is 0 Å². The quantitative estimate of drug-likeness (QED) is 0.721. The van der Waals surface area contributed by atoms with Crippen molar-refractivity contribution >= 4 is 17.3 Å². The highest BCUT2D eigenvalue weighted by Gasteiger charge is 2.29. The van der Waals surface area contributed by atoms with Crippen LogP contribution in [0.25, 0.3) is 0 Å². The van der Waals surface area contributed by atoms with Gasteiger partial charge in [0.25, 0.3) is 0 Å². The van der Waals surface area contributed by atoms with Crippen molar-refractivity contribution in [3.63, 3.8) is 0 Å². The van der Waals surface area contributed by atoms with Crippen LogP contribution < -0.4 is 10.2 Å². The first-order chi connectivity index (χ1) is 12.5. The number of piperazine rings is 1. The molecule has 2 nitrogen and oxygen atoms in total. The molecule has 140 valence electrons. The van der Waals surface area contributed by atoms with Gasteiger partial charge in [0.15, 0.2) is 0 Å². The molecule has 5 heteroatoms. The number of alkyl halides is 3. The topological polar surface area (TPSA) is 15.3 Å². The van der Waals surface area contributed by atoms with Crippen molar-refractivity contribution in [2.24, 2.45) is 0 Å². The summed E-state index contributed by atoms with van der Waals surface area (Å²) in [6.45, 7) is 5.25. The Morgan fingerprint density at radius 3 is 2.46 bits per heavy atom. The fourth-order valence-corrected chi connectivity index (χ4v) is 3.72. The highest BCUT2D eigenvalue weighted by Crippen LogP contribution is 2.38. The molecule has 0 aromatic heterocycles. The molecule has 3 rings (SSSR count). The first-order valence-corrected chi connectivity index (χ1v) is 9.46. The van der Waals surface area contributed by atoms with Crippen molar-refractivity contribution in [2.75, 3.05) is 31.1 Å². The number of benzene rings is 2. The van der Waals surface area contributed by atoms with Crippen LogP contribution in [0.1, 0.15) is 28.7 Å². The van der Waals surface area contributed by atoms with Crippen molar-refractivity contribution in [2.45, 2.75) is 31.6 Å². The van der Waals surface area contributed by atoms with E-state index in [-0.39, 0.29) is 6.42 Å². The Bertz CT molecular complexity index is 743. The molecule has 1 unspecified atom stereocenters. The number of rotatable bonds is 6. The van der Waals surface area contributed by atoms with Gasteiger partial charge in [0, 0.05) is 43.9 Å². The molecule has 0 radical (unpaired) electrons. The number of nitrogens with one attached hydrogen (secondary N) is 1. The molecule has 1 fully saturated rings. The minimum absolute atomic E-state index is 0.109. The number of hydrogen-bond donors (Lipinski definition) is 1. The molecule has 0 amide bonds. The minimum Gasteiger partial charge on any atom is -0.369 e. The molecule has 0 spiro atoms. The standard InChI is InChI=1S/C21H25ClF2N2/c1-16-14-19(6-7-20(16)26-12-10-25-11-13-26)21(22,24)9-8-17-4-2-3-5-18(17)15-23/h2-7,14,25H,8-13,15H2,1H3. The number of hydrogen-bond acceptors (Lipinski definition) is 2. The Kier molecular flexibility index (Phi) is 6.15. The summed E-state index contributed by atoms with van der Waals surface area (Å²) in [5, 5.41) is 1.37. The highest BCUT2D eigenvalue weighted by molar-refractivity contribution is 6.22. The predicted molar refractivity (Wildman–Crippen MR) is 104 cm³/mol. The van der Waals surface area contributed by atoms with Crippen molar-refractivity contribution in [1.29, 1.82) is 0 Å². The van der Waals surface area contributed by atoms with Gasteiger partial charge in [0.05, 0.1) is 0 Å². The Labute approximate surface area is 159 Å². The fraction of sp³-hybridized carbons (Fsp3) is 0.429. The van der Waals surface area contributed by atoms with Crippen molar-refractivity contribution in [1.82, 2.24) is 5.32 Å². The van der Waals surface area contributed by atoms with Gasteiger partial charge in [-0.1, -0.05) is 41.9 Å². The van der Waals surface area contributed by atoms with Crippen molar-refractivity contribution in [3.05, 3.63) is 64.7 Å². The van der Waals surface area contributed by atoms with Gasteiger partial charge in [-0.2, -0.15) is 0 Å². The van der Waals surface area contributed by atoms with Gasteiger partial charge >= 0.3 is 0 Å². The van der Waals surface area contributed by atoms with Gasteiger partial charge in [0.2, 0.25) is 5.13 Å². The zero-order valence-electron chi connectivity index (χ0n) is 15.1. The van der Waals surface area contributed by atoms with Crippen LogP contribution in [0.2, 0.25) is 0 Å². The molecule has 0 aliphatic carbocycles. The van der Waals surface area contributed by atoms with E-state index in [2.05, 4.69) is 10.2 Å². The largest absolute Gasteiger partial charge is 0.369 e. The van der Waals surface area contributed by atoms with E-state index in [1.807, 2.05) is 31.2 Å². The van der Waals surface area contributed by atoms with Crippen LogP contribution in [0.15, 0.2) is 42.5 Å². The summed E-state index contributed by atoms with van der Waals surface area (Å²) in [6, 6.07) is 12.8. The molecule has 1 N–H and O–H groups in total. The molecule has 1 atom stereocenters. The van der Waals surface area contributed by atoms with Gasteiger partial charge < -0.3 is 10.2 Å². The van der Waals surface area contributed by atoms with E-state index < -0.39 is 11.8 Å². The van der Waals surface area contributed by atoms with Gasteiger partial charge in [0.1, 0.15) is 6.67 Å². The van der Waals surface area contributed by atoms with Gasteiger partial charge in [-0.25, -0.2) is 8.78 Å². The summed E-state index contributed by atoms with van der Waals surface area (Å²) < 4.78 is 28.2. The Morgan fingerprint density at radius 1 is 1.12 bits per heavy atom. The van der Waals surface area contributed by atoms with Crippen LogP contribution in [-0.4, -0.2) is 26.2 Å². The van der Waals surface area contributed by atoms with Crippen molar-refractivity contribution in [3.8, 4) is 0 Å². The predicted octanol–water partition coefficient (Wildman–Crippen LogP) is 4.87. The van der Waals surface area contributed by atoms with E-state index in [0.717, 1.165) is 43.0 Å². The molecule has 2 aromatic rings. The Morgan fingerprint density at radius 2 is 1.81 bits per heavy atom. The second kappa shape index (κ2) is 8.36. The summed E-state index contributed by atoms with van der Waals surface area (Å²) in [5.41, 5.74) is 4.03. The molecule has 1 aliphatic rings. The van der Waals surface area contributed by atoms with E-state index in [1.54, 1.807) is 18.2 Å². The molecule has 1 saturated heterocycles. The summed E-state index contributed by atoms with van der Waals surface area (Å²) in [5.74, 6) is 0. The summed E-state index contributed by atoms with van der Waals surface area (Å²) in [4.78, 5) is 2.31. The lowest BCUT2D eigenvalue weighted by molar-refractivity contribution is 0.265. The first-order valence-electron chi connectivity index (χ1n) is 9.08. The van der Waals surface area contributed by atoms with E-state index in [0.29, 0.717) is 17.5 Å². The molecule has 26 heavy (non-hydrogen) atoms. The molecule has 0 saturated carbocycles. The maximum Gasteiger partial charge on any atom is 0.209 e. The maximum absolute atomic E-state index is 15.1. The van der Waals surface area contributed by atoms with Crippen LogP contribution >= 0.6 is 11.6 Å². The Balaban J connectivity index is 1.73. The molecule has 0 bridgehead atoms. The van der Waals surface area contributed by atoms with E-state index in [9.17, 15) is 4.39 Å². The van der Waals surface area contributed by atoms with E-state index in [4.69, 9.17) is 11.6 Å². The number of nitrogens with zero attached hydrogens (tertiary/aromatic N) is 1. The van der Waals surface area contributed by atoms with Gasteiger partial charge in [-0.3, -0.25) is 0 Å².